The van der Waals surface area contributed by atoms with Crippen molar-refractivity contribution in [2.24, 2.45) is 0 Å². The SMILES string of the molecule is COC1CC(F)C(S(=O)(=O)c2ccc(NC(=O)NCc3cccnc3)cc2)CC1F. The maximum Gasteiger partial charge on any atom is 0.319 e. The van der Waals surface area contributed by atoms with E-state index < -0.39 is 46.0 Å². The Kier molecular flexibility index (Phi) is 6.99. The van der Waals surface area contributed by atoms with Crippen LogP contribution in [0.5, 0.6) is 0 Å². The minimum Gasteiger partial charge on any atom is -0.378 e. The van der Waals surface area contributed by atoms with Gasteiger partial charge in [0, 0.05) is 44.6 Å². The average molecular weight is 439 g/mol. The molecule has 0 spiro atoms. The van der Waals surface area contributed by atoms with Crippen molar-refractivity contribution in [2.45, 2.75) is 48.0 Å². The van der Waals surface area contributed by atoms with Crippen molar-refractivity contribution in [3.8, 4) is 0 Å². The van der Waals surface area contributed by atoms with E-state index in [4.69, 9.17) is 4.74 Å². The topological polar surface area (TPSA) is 97.4 Å². The Hall–Kier alpha value is -2.59. The number of aromatic nitrogens is 1. The number of sulfone groups is 1. The predicted molar refractivity (Wildman–Crippen MR) is 107 cm³/mol. The molecule has 30 heavy (non-hydrogen) atoms. The van der Waals surface area contributed by atoms with Gasteiger partial charge in [0.05, 0.1) is 16.2 Å². The van der Waals surface area contributed by atoms with Crippen LogP contribution in [0.3, 0.4) is 0 Å². The third-order valence-electron chi connectivity index (χ3n) is 5.04. The lowest BCUT2D eigenvalue weighted by Crippen LogP contribution is -2.45. The van der Waals surface area contributed by atoms with E-state index in [2.05, 4.69) is 15.6 Å². The van der Waals surface area contributed by atoms with Crippen molar-refractivity contribution in [1.82, 2.24) is 10.3 Å². The van der Waals surface area contributed by atoms with Gasteiger partial charge in [0.1, 0.15) is 12.3 Å². The number of hydrogen-bond donors (Lipinski definition) is 2. The quantitative estimate of drug-likeness (QED) is 0.721. The third kappa shape index (κ3) is 5.11. The van der Waals surface area contributed by atoms with E-state index in [1.807, 2.05) is 6.07 Å². The fraction of sp³-hybridized carbons (Fsp3) is 0.400. The van der Waals surface area contributed by atoms with Crippen LogP contribution < -0.4 is 10.6 Å². The van der Waals surface area contributed by atoms with Gasteiger partial charge in [0.2, 0.25) is 0 Å². The van der Waals surface area contributed by atoms with Gasteiger partial charge in [-0.25, -0.2) is 22.0 Å². The molecule has 0 radical (unpaired) electrons. The standard InChI is InChI=1S/C20H23F2N3O4S/c1-29-18-9-17(22)19(10-16(18)21)30(27,28)15-6-4-14(5-7-15)25-20(26)24-12-13-3-2-8-23-11-13/h2-8,11,16-19H,9-10,12H2,1H3,(H2,24,25,26). The number of hydrogen-bond acceptors (Lipinski definition) is 5. The molecule has 2 amide bonds. The molecule has 2 N–H and O–H groups in total. The van der Waals surface area contributed by atoms with Gasteiger partial charge in [-0.3, -0.25) is 4.98 Å². The molecule has 1 saturated carbocycles. The van der Waals surface area contributed by atoms with Crippen LogP contribution in [-0.2, 0) is 21.1 Å². The number of urea groups is 1. The molecule has 4 unspecified atom stereocenters. The maximum atomic E-state index is 14.4. The summed E-state index contributed by atoms with van der Waals surface area (Å²) in [5, 5.41) is 3.76. The van der Waals surface area contributed by atoms with Gasteiger partial charge < -0.3 is 15.4 Å². The molecule has 3 rings (SSSR count). The average Bonchev–Trinajstić information content (AvgIpc) is 2.74. The normalized spacial score (nSPS) is 24.2. The molecule has 2 aromatic rings. The number of ether oxygens (including phenoxy) is 1. The van der Waals surface area contributed by atoms with Crippen LogP contribution in [0, 0.1) is 0 Å². The first-order valence-corrected chi connectivity index (χ1v) is 10.9. The zero-order valence-electron chi connectivity index (χ0n) is 16.3. The molecule has 4 atom stereocenters. The highest BCUT2D eigenvalue weighted by Gasteiger charge is 2.44. The molecule has 7 nitrogen and oxygen atoms in total. The van der Waals surface area contributed by atoms with E-state index in [0.29, 0.717) is 5.69 Å². The fourth-order valence-electron chi connectivity index (χ4n) is 3.37. The number of amides is 2. The van der Waals surface area contributed by atoms with Crippen LogP contribution in [0.2, 0.25) is 0 Å². The second-order valence-electron chi connectivity index (χ2n) is 7.05. The highest BCUT2D eigenvalue weighted by atomic mass is 32.2. The molecule has 1 fully saturated rings. The number of nitrogens with one attached hydrogen (secondary N) is 2. The summed E-state index contributed by atoms with van der Waals surface area (Å²) < 4.78 is 59.0. The van der Waals surface area contributed by atoms with Gasteiger partial charge in [0.25, 0.3) is 0 Å². The Balaban J connectivity index is 1.62. The van der Waals surface area contributed by atoms with Crippen LogP contribution in [0.15, 0.2) is 53.7 Å². The third-order valence-corrected chi connectivity index (χ3v) is 7.25. The van der Waals surface area contributed by atoms with Crippen LogP contribution in [0.1, 0.15) is 18.4 Å². The second-order valence-corrected chi connectivity index (χ2v) is 9.22. The van der Waals surface area contributed by atoms with E-state index in [-0.39, 0.29) is 17.9 Å². The number of carbonyl (C=O) groups is 1. The first kappa shape index (κ1) is 22.1. The lowest BCUT2D eigenvalue weighted by atomic mass is 9.94. The molecule has 1 aliphatic carbocycles. The Morgan fingerprint density at radius 1 is 1.17 bits per heavy atom. The molecule has 1 aliphatic rings. The predicted octanol–water partition coefficient (Wildman–Crippen LogP) is 3.03. The van der Waals surface area contributed by atoms with Crippen molar-refractivity contribution in [3.63, 3.8) is 0 Å². The number of benzene rings is 1. The number of pyridine rings is 1. The Morgan fingerprint density at radius 3 is 2.53 bits per heavy atom. The van der Waals surface area contributed by atoms with Crippen LogP contribution >= 0.6 is 0 Å². The summed E-state index contributed by atoms with van der Waals surface area (Å²) in [5.41, 5.74) is 1.19. The van der Waals surface area contributed by atoms with E-state index in [1.54, 1.807) is 18.5 Å². The number of anilines is 1. The molecule has 0 bridgehead atoms. The zero-order chi connectivity index (χ0) is 21.7. The molecule has 162 valence electrons. The maximum absolute atomic E-state index is 14.4. The summed E-state index contributed by atoms with van der Waals surface area (Å²) in [4.78, 5) is 15.8. The van der Waals surface area contributed by atoms with Gasteiger partial charge in [0.15, 0.2) is 9.84 Å². The molecule has 1 aromatic carbocycles. The second kappa shape index (κ2) is 9.48. The largest absolute Gasteiger partial charge is 0.378 e. The Labute approximate surface area is 173 Å². The minimum atomic E-state index is -4.07. The molecule has 1 aromatic heterocycles. The number of methoxy groups -OCH3 is 1. The van der Waals surface area contributed by atoms with Crippen molar-refractivity contribution < 1.29 is 26.7 Å². The van der Waals surface area contributed by atoms with E-state index in [9.17, 15) is 22.0 Å². The summed E-state index contributed by atoms with van der Waals surface area (Å²) in [6.07, 6.45) is -1.73. The lowest BCUT2D eigenvalue weighted by Gasteiger charge is -2.33. The molecular weight excluding hydrogens is 416 g/mol. The molecular formula is C20H23F2N3O4S. The van der Waals surface area contributed by atoms with Gasteiger partial charge in [-0.2, -0.15) is 0 Å². The summed E-state index contributed by atoms with van der Waals surface area (Å²) in [6, 6.07) is 8.44. The first-order chi connectivity index (χ1) is 14.3. The Bertz CT molecular complexity index is 958. The minimum absolute atomic E-state index is 0.125. The number of rotatable bonds is 6. The van der Waals surface area contributed by atoms with Crippen LogP contribution in [-0.4, -0.2) is 50.2 Å². The number of nitrogens with zero attached hydrogens (tertiary/aromatic N) is 1. The number of carbonyl (C=O) groups excluding carboxylic acids is 1. The van der Waals surface area contributed by atoms with Gasteiger partial charge in [-0.15, -0.1) is 0 Å². The summed E-state index contributed by atoms with van der Waals surface area (Å²) in [7, 11) is -2.80. The highest BCUT2D eigenvalue weighted by molar-refractivity contribution is 7.92. The summed E-state index contributed by atoms with van der Waals surface area (Å²) >= 11 is 0. The van der Waals surface area contributed by atoms with Gasteiger partial charge >= 0.3 is 6.03 Å². The van der Waals surface area contributed by atoms with Crippen LogP contribution in [0.25, 0.3) is 0 Å². The monoisotopic (exact) mass is 439 g/mol. The fourth-order valence-corrected chi connectivity index (χ4v) is 5.17. The molecule has 10 heteroatoms. The van der Waals surface area contributed by atoms with Crippen molar-refractivity contribution >= 4 is 21.6 Å². The van der Waals surface area contributed by atoms with E-state index >= 15 is 0 Å². The molecule has 0 aliphatic heterocycles. The lowest BCUT2D eigenvalue weighted by molar-refractivity contribution is -0.0165. The molecule has 0 saturated heterocycles. The van der Waals surface area contributed by atoms with Crippen molar-refractivity contribution in [3.05, 3.63) is 54.4 Å². The van der Waals surface area contributed by atoms with Gasteiger partial charge in [-0.1, -0.05) is 6.07 Å². The van der Waals surface area contributed by atoms with Crippen LogP contribution in [0.4, 0.5) is 19.3 Å². The van der Waals surface area contributed by atoms with E-state index in [1.165, 1.54) is 31.4 Å². The number of halogens is 2. The van der Waals surface area contributed by atoms with Crippen molar-refractivity contribution in [2.75, 3.05) is 12.4 Å². The smallest absolute Gasteiger partial charge is 0.319 e. The Morgan fingerprint density at radius 2 is 1.90 bits per heavy atom. The zero-order valence-corrected chi connectivity index (χ0v) is 17.1. The van der Waals surface area contributed by atoms with Gasteiger partial charge in [-0.05, 0) is 35.9 Å². The highest BCUT2D eigenvalue weighted by Crippen LogP contribution is 2.34. The van der Waals surface area contributed by atoms with Crippen molar-refractivity contribution in [1.29, 1.82) is 0 Å². The van der Waals surface area contributed by atoms with E-state index in [0.717, 1.165) is 5.56 Å². The summed E-state index contributed by atoms with van der Waals surface area (Å²) in [5.74, 6) is 0. The molecule has 1 heterocycles. The summed E-state index contributed by atoms with van der Waals surface area (Å²) in [6.45, 7) is 0.276. The first-order valence-electron chi connectivity index (χ1n) is 9.40. The number of alkyl halides is 2.